The molecule has 4 aliphatic rings. The summed E-state index contributed by atoms with van der Waals surface area (Å²) in [5.41, 5.74) is -0.140. The highest BCUT2D eigenvalue weighted by molar-refractivity contribution is 9.10. The Hall–Kier alpha value is -3.51. The van der Waals surface area contributed by atoms with Crippen molar-refractivity contribution in [1.29, 1.82) is 0 Å². The summed E-state index contributed by atoms with van der Waals surface area (Å²) < 4.78 is 48.1. The first-order valence-corrected chi connectivity index (χ1v) is 23.8. The number of benzene rings is 2. The van der Waals surface area contributed by atoms with Crippen molar-refractivity contribution in [1.82, 2.24) is 29.4 Å². The van der Waals surface area contributed by atoms with Crippen LogP contribution >= 0.6 is 31.9 Å². The molecule has 0 aliphatic carbocycles. The van der Waals surface area contributed by atoms with Crippen molar-refractivity contribution in [2.75, 3.05) is 39.4 Å². The minimum atomic E-state index is -0.626. The van der Waals surface area contributed by atoms with Gasteiger partial charge in [-0.05, 0) is 131 Å². The van der Waals surface area contributed by atoms with Crippen molar-refractivity contribution < 1.29 is 42.8 Å². The molecule has 4 fully saturated rings. The fourth-order valence-electron chi connectivity index (χ4n) is 7.88. The van der Waals surface area contributed by atoms with E-state index in [1.807, 2.05) is 64.6 Å². The van der Waals surface area contributed by atoms with Gasteiger partial charge in [0.2, 0.25) is 0 Å². The number of hydrogen-bond donors (Lipinski definition) is 1. The molecular formula is C46H65Br2FN6O8. The molecular weight excluding hydrogens is 943 g/mol. The third-order valence-electron chi connectivity index (χ3n) is 11.5. The number of carbonyl (C=O) groups is 2. The van der Waals surface area contributed by atoms with Gasteiger partial charge in [0.05, 0.1) is 39.8 Å². The van der Waals surface area contributed by atoms with E-state index in [2.05, 4.69) is 55.0 Å². The maximum absolute atomic E-state index is 13.7. The van der Waals surface area contributed by atoms with Crippen molar-refractivity contribution in [3.05, 3.63) is 51.4 Å². The third kappa shape index (κ3) is 13.5. The molecule has 0 spiro atoms. The zero-order chi connectivity index (χ0) is 45.7. The predicted molar refractivity (Wildman–Crippen MR) is 246 cm³/mol. The molecule has 0 bridgehead atoms. The summed E-state index contributed by atoms with van der Waals surface area (Å²) in [5.74, 6) is 0.552. The quantitative estimate of drug-likeness (QED) is 0.210. The van der Waals surface area contributed by atoms with Crippen LogP contribution in [0.1, 0.15) is 132 Å². The number of nitrogens with zero attached hydrogens (tertiary/aromatic N) is 6. The number of fused-ring (bicyclic) bond motifs is 2. The molecule has 4 aliphatic heterocycles. The van der Waals surface area contributed by atoms with Crippen LogP contribution in [0.5, 0.6) is 5.75 Å². The molecule has 63 heavy (non-hydrogen) atoms. The summed E-state index contributed by atoms with van der Waals surface area (Å²) in [6, 6.07) is 7.40. The highest BCUT2D eigenvalue weighted by Gasteiger charge is 2.36. The van der Waals surface area contributed by atoms with Crippen LogP contribution in [0.15, 0.2) is 45.6 Å². The van der Waals surface area contributed by atoms with Crippen LogP contribution in [0.3, 0.4) is 0 Å². The molecule has 4 aromatic rings. The largest absolute Gasteiger partial charge is 0.487 e. The second-order valence-electron chi connectivity index (χ2n) is 19.5. The lowest BCUT2D eigenvalue weighted by molar-refractivity contribution is -0.0368. The van der Waals surface area contributed by atoms with Gasteiger partial charge in [-0.15, -0.1) is 0 Å². The zero-order valence-corrected chi connectivity index (χ0v) is 41.2. The van der Waals surface area contributed by atoms with Crippen molar-refractivity contribution in [3.63, 3.8) is 0 Å². The molecule has 17 heteroatoms. The molecule has 0 radical (unpaired) electrons. The van der Waals surface area contributed by atoms with Gasteiger partial charge in [-0.25, -0.2) is 23.3 Å². The number of carbonyl (C=O) groups excluding carboxylic acids is 2. The Labute approximate surface area is 387 Å². The lowest BCUT2D eigenvalue weighted by Gasteiger charge is -2.40. The number of rotatable bonds is 4. The molecule has 14 nitrogen and oxygen atoms in total. The first-order valence-electron chi connectivity index (χ1n) is 22.2. The molecule has 2 aromatic carbocycles. The van der Waals surface area contributed by atoms with Crippen molar-refractivity contribution in [2.24, 2.45) is 0 Å². The number of hydrogen-bond acceptors (Lipinski definition) is 10. The normalized spacial score (nSPS) is 21.5. The molecule has 6 heterocycles. The average Bonchev–Trinajstić information content (AvgIpc) is 3.83. The van der Waals surface area contributed by atoms with Crippen LogP contribution < -0.4 is 4.74 Å². The van der Waals surface area contributed by atoms with Gasteiger partial charge in [0.15, 0.2) is 12.5 Å². The van der Waals surface area contributed by atoms with Crippen LogP contribution in [0, 0.1) is 5.82 Å². The number of aliphatic hydroxyl groups is 1. The number of likely N-dealkylation sites (tertiary alicyclic amines) is 2. The Morgan fingerprint density at radius 2 is 1.16 bits per heavy atom. The van der Waals surface area contributed by atoms with Crippen molar-refractivity contribution >= 4 is 65.9 Å². The monoisotopic (exact) mass is 1010 g/mol. The van der Waals surface area contributed by atoms with Gasteiger partial charge >= 0.3 is 12.2 Å². The minimum absolute atomic E-state index is 0.0268. The van der Waals surface area contributed by atoms with E-state index >= 15 is 0 Å². The van der Waals surface area contributed by atoms with Crippen LogP contribution in [0.25, 0.3) is 21.8 Å². The standard InChI is InChI=1S/C23H32BrN3O4.C12H12BrFN2O.C11H21NO3/c1-22(2,3)31-21(28)26-10-8-23(4,9-11-26)30-19-14-16(24)13-18-17(19)15-25-27(18)20-7-5-6-12-29-20;13-8-5-10(14)9-7-15-16(11(9)6-8)12-3-1-2-4-17-12;1-10(2,3)15-9(13)12-7-5-11(4,14)6-8-12/h13-15,20H,5-12H2,1-4H3;5-7,12H,1-4H2;14H,5-8H2,1-4H3. The number of amides is 2. The maximum atomic E-state index is 13.7. The Balaban J connectivity index is 0.000000174. The van der Waals surface area contributed by atoms with E-state index in [0.717, 1.165) is 95.7 Å². The average molecular weight is 1010 g/mol. The molecule has 4 saturated heterocycles. The summed E-state index contributed by atoms with van der Waals surface area (Å²) in [6.07, 6.45) is 11.9. The molecule has 8 rings (SSSR count). The summed E-state index contributed by atoms with van der Waals surface area (Å²) >= 11 is 6.94. The van der Waals surface area contributed by atoms with E-state index in [0.29, 0.717) is 44.4 Å². The second kappa shape index (κ2) is 20.3. The topological polar surface area (TPSA) is 143 Å². The van der Waals surface area contributed by atoms with E-state index in [9.17, 15) is 19.1 Å². The summed E-state index contributed by atoms with van der Waals surface area (Å²) in [5, 5.41) is 20.1. The van der Waals surface area contributed by atoms with E-state index < -0.39 is 16.8 Å². The first-order chi connectivity index (χ1) is 29.6. The Morgan fingerprint density at radius 1 is 0.714 bits per heavy atom. The van der Waals surface area contributed by atoms with Gasteiger partial charge in [0.25, 0.3) is 0 Å². The van der Waals surface area contributed by atoms with Crippen molar-refractivity contribution in [2.45, 2.75) is 154 Å². The van der Waals surface area contributed by atoms with Gasteiger partial charge in [-0.3, -0.25) is 0 Å². The van der Waals surface area contributed by atoms with Crippen LogP contribution in [0.2, 0.25) is 0 Å². The molecule has 2 amide bonds. The fourth-order valence-corrected chi connectivity index (χ4v) is 8.72. The Morgan fingerprint density at radius 3 is 1.62 bits per heavy atom. The van der Waals surface area contributed by atoms with E-state index in [-0.39, 0.29) is 36.1 Å². The molecule has 0 saturated carbocycles. The molecule has 1 N–H and O–H groups in total. The third-order valence-corrected chi connectivity index (χ3v) is 12.4. The highest BCUT2D eigenvalue weighted by atomic mass is 79.9. The van der Waals surface area contributed by atoms with E-state index in [4.69, 9.17) is 23.7 Å². The molecule has 2 unspecified atom stereocenters. The predicted octanol–water partition coefficient (Wildman–Crippen LogP) is 11.1. The van der Waals surface area contributed by atoms with E-state index in [1.165, 1.54) is 6.07 Å². The van der Waals surface area contributed by atoms with Crippen molar-refractivity contribution in [3.8, 4) is 5.75 Å². The van der Waals surface area contributed by atoms with Crippen LogP contribution in [-0.4, -0.2) is 108 Å². The van der Waals surface area contributed by atoms with Gasteiger partial charge in [0, 0.05) is 61.2 Å². The SMILES string of the molecule is CC(C)(C)OC(=O)N1CCC(C)(Oc2cc(Br)cc3c2cnn3C2CCCCO2)CC1.CC1(O)CCN(C(=O)OC(C)(C)C)CC1.Fc1cc(Br)cc2c1cnn2C1CCCCO1. The van der Waals surface area contributed by atoms with Gasteiger partial charge < -0.3 is 38.6 Å². The Bertz CT molecular complexity index is 2170. The lowest BCUT2D eigenvalue weighted by atomic mass is 9.93. The zero-order valence-electron chi connectivity index (χ0n) is 38.1. The number of piperidine rings is 2. The van der Waals surface area contributed by atoms with Gasteiger partial charge in [-0.1, -0.05) is 31.9 Å². The smallest absolute Gasteiger partial charge is 0.410 e. The number of ether oxygens (including phenoxy) is 5. The molecule has 2 atom stereocenters. The fraction of sp³-hybridized carbons (Fsp3) is 0.652. The molecule has 2 aromatic heterocycles. The highest BCUT2D eigenvalue weighted by Crippen LogP contribution is 2.38. The minimum Gasteiger partial charge on any atom is -0.487 e. The van der Waals surface area contributed by atoms with Gasteiger partial charge in [-0.2, -0.15) is 10.2 Å². The maximum Gasteiger partial charge on any atom is 0.410 e. The summed E-state index contributed by atoms with van der Waals surface area (Å²) in [4.78, 5) is 27.5. The first kappa shape index (κ1) is 48.9. The Kier molecular flexibility index (Phi) is 15.8. The second-order valence-corrected chi connectivity index (χ2v) is 21.3. The summed E-state index contributed by atoms with van der Waals surface area (Å²) in [7, 11) is 0. The van der Waals surface area contributed by atoms with Crippen LogP contribution in [0.4, 0.5) is 14.0 Å². The van der Waals surface area contributed by atoms with Gasteiger partial charge in [0.1, 0.15) is 28.4 Å². The van der Waals surface area contributed by atoms with E-state index in [1.54, 1.807) is 27.6 Å². The lowest BCUT2D eigenvalue weighted by Crippen LogP contribution is -2.49. The summed E-state index contributed by atoms with van der Waals surface area (Å²) in [6.45, 7) is 19.0. The number of halogens is 3. The molecule has 348 valence electrons. The number of aromatic nitrogens is 4. The van der Waals surface area contributed by atoms with Crippen LogP contribution in [-0.2, 0) is 18.9 Å².